The highest BCUT2D eigenvalue weighted by molar-refractivity contribution is 9.09. The van der Waals surface area contributed by atoms with Crippen molar-refractivity contribution in [3.05, 3.63) is 29.8 Å². The zero-order chi connectivity index (χ0) is 11.5. The van der Waals surface area contributed by atoms with E-state index in [0.717, 1.165) is 11.0 Å². The molecule has 0 aliphatic carbocycles. The van der Waals surface area contributed by atoms with E-state index in [-0.39, 0.29) is 5.91 Å². The molecule has 0 spiro atoms. The predicted molar refractivity (Wildman–Crippen MR) is 65.4 cm³/mol. The van der Waals surface area contributed by atoms with Gasteiger partial charge in [0.2, 0.25) is 5.91 Å². The highest BCUT2D eigenvalue weighted by atomic mass is 79.9. The number of rotatable bonds is 2. The van der Waals surface area contributed by atoms with Gasteiger partial charge < -0.3 is 4.90 Å². The zero-order valence-corrected chi connectivity index (χ0v) is 10.3. The van der Waals surface area contributed by atoms with Gasteiger partial charge in [-0.15, -0.1) is 0 Å². The Labute approximate surface area is 103 Å². The van der Waals surface area contributed by atoms with Gasteiger partial charge in [-0.2, -0.15) is 5.26 Å². The van der Waals surface area contributed by atoms with Crippen LogP contribution in [0, 0.1) is 17.2 Å². The highest BCUT2D eigenvalue weighted by Crippen LogP contribution is 2.28. The molecule has 16 heavy (non-hydrogen) atoms. The number of anilines is 1. The van der Waals surface area contributed by atoms with Crippen LogP contribution in [0.25, 0.3) is 0 Å². The van der Waals surface area contributed by atoms with E-state index in [9.17, 15) is 4.79 Å². The molecule has 1 heterocycles. The Kier molecular flexibility index (Phi) is 3.25. The maximum atomic E-state index is 11.8. The molecule has 1 fully saturated rings. The summed E-state index contributed by atoms with van der Waals surface area (Å²) < 4.78 is 0. The van der Waals surface area contributed by atoms with Gasteiger partial charge >= 0.3 is 0 Å². The van der Waals surface area contributed by atoms with Gasteiger partial charge in [0.25, 0.3) is 0 Å². The van der Waals surface area contributed by atoms with E-state index in [2.05, 4.69) is 22.0 Å². The first kappa shape index (κ1) is 11.2. The number of alkyl halides is 1. The van der Waals surface area contributed by atoms with Crippen LogP contribution in [0.4, 0.5) is 5.69 Å². The van der Waals surface area contributed by atoms with Crippen molar-refractivity contribution in [2.75, 3.05) is 16.8 Å². The highest BCUT2D eigenvalue weighted by Gasteiger charge is 2.30. The molecule has 1 aromatic carbocycles. The lowest BCUT2D eigenvalue weighted by molar-refractivity contribution is -0.117. The van der Waals surface area contributed by atoms with Crippen LogP contribution < -0.4 is 4.90 Å². The molecular formula is C12H11BrN2O. The summed E-state index contributed by atoms with van der Waals surface area (Å²) in [4.78, 5) is 13.5. The van der Waals surface area contributed by atoms with Crippen molar-refractivity contribution in [1.29, 1.82) is 5.26 Å². The molecule has 1 aliphatic rings. The van der Waals surface area contributed by atoms with Crippen LogP contribution in [0.15, 0.2) is 24.3 Å². The van der Waals surface area contributed by atoms with E-state index in [1.807, 2.05) is 18.2 Å². The van der Waals surface area contributed by atoms with Crippen molar-refractivity contribution in [3.8, 4) is 6.07 Å². The minimum absolute atomic E-state index is 0.104. The molecule has 0 radical (unpaired) electrons. The summed E-state index contributed by atoms with van der Waals surface area (Å²) >= 11 is 3.40. The fourth-order valence-corrected chi connectivity index (χ4v) is 2.35. The Morgan fingerprint density at radius 3 is 2.88 bits per heavy atom. The number of benzene rings is 1. The summed E-state index contributed by atoms with van der Waals surface area (Å²) in [7, 11) is 0. The fourth-order valence-electron chi connectivity index (χ4n) is 1.92. The number of para-hydroxylation sites is 1. The van der Waals surface area contributed by atoms with Gasteiger partial charge in [0.15, 0.2) is 0 Å². The van der Waals surface area contributed by atoms with Gasteiger partial charge in [-0.3, -0.25) is 4.79 Å². The smallest absolute Gasteiger partial charge is 0.227 e. The van der Waals surface area contributed by atoms with E-state index < -0.39 is 0 Å². The Morgan fingerprint density at radius 2 is 2.25 bits per heavy atom. The van der Waals surface area contributed by atoms with Crippen LogP contribution in [0.3, 0.4) is 0 Å². The summed E-state index contributed by atoms with van der Waals surface area (Å²) in [6, 6.07) is 9.35. The van der Waals surface area contributed by atoms with Crippen LogP contribution >= 0.6 is 15.9 Å². The minimum Gasteiger partial charge on any atom is -0.311 e. The topological polar surface area (TPSA) is 44.1 Å². The number of hydrogen-bond donors (Lipinski definition) is 0. The van der Waals surface area contributed by atoms with Crippen molar-refractivity contribution in [1.82, 2.24) is 0 Å². The standard InChI is InChI=1S/C12H11BrN2O/c13-6-9-5-12(16)15(8-9)11-4-2-1-3-10(11)7-14/h1-4,9H,5-6,8H2. The average Bonchev–Trinajstić information content (AvgIpc) is 2.70. The third-order valence-corrected chi connectivity index (χ3v) is 3.65. The first-order valence-corrected chi connectivity index (χ1v) is 6.24. The van der Waals surface area contributed by atoms with Crippen molar-refractivity contribution in [3.63, 3.8) is 0 Å². The van der Waals surface area contributed by atoms with Crippen LogP contribution in [0.2, 0.25) is 0 Å². The summed E-state index contributed by atoms with van der Waals surface area (Å²) in [5.41, 5.74) is 1.30. The molecule has 3 nitrogen and oxygen atoms in total. The lowest BCUT2D eigenvalue weighted by atomic mass is 10.1. The molecule has 0 bridgehead atoms. The SMILES string of the molecule is N#Cc1ccccc1N1CC(CBr)CC1=O. The van der Waals surface area contributed by atoms with Gasteiger partial charge in [0.1, 0.15) is 6.07 Å². The third-order valence-electron chi connectivity index (χ3n) is 2.74. The van der Waals surface area contributed by atoms with Crippen LogP contribution in [0.1, 0.15) is 12.0 Å². The first-order valence-electron chi connectivity index (χ1n) is 5.11. The van der Waals surface area contributed by atoms with Gasteiger partial charge in [-0.25, -0.2) is 0 Å². The Hall–Kier alpha value is -1.34. The number of nitriles is 1. The number of halogens is 1. The zero-order valence-electron chi connectivity index (χ0n) is 8.69. The Morgan fingerprint density at radius 1 is 1.50 bits per heavy atom. The number of carbonyl (C=O) groups excluding carboxylic acids is 1. The van der Waals surface area contributed by atoms with Gasteiger partial charge in [-0.1, -0.05) is 28.1 Å². The van der Waals surface area contributed by atoms with Crippen molar-refractivity contribution in [2.45, 2.75) is 6.42 Å². The number of amides is 1. The van der Waals surface area contributed by atoms with Gasteiger partial charge in [0.05, 0.1) is 11.3 Å². The summed E-state index contributed by atoms with van der Waals surface area (Å²) in [6.45, 7) is 0.697. The van der Waals surface area contributed by atoms with Crippen LogP contribution in [-0.4, -0.2) is 17.8 Å². The molecule has 1 aromatic rings. The second-order valence-electron chi connectivity index (χ2n) is 3.86. The fraction of sp³-hybridized carbons (Fsp3) is 0.333. The van der Waals surface area contributed by atoms with Crippen LogP contribution in [-0.2, 0) is 4.79 Å². The monoisotopic (exact) mass is 278 g/mol. The lowest BCUT2D eigenvalue weighted by Gasteiger charge is -2.17. The van der Waals surface area contributed by atoms with Gasteiger partial charge in [0, 0.05) is 18.3 Å². The summed E-state index contributed by atoms with van der Waals surface area (Å²) in [6.07, 6.45) is 0.561. The average molecular weight is 279 g/mol. The number of carbonyl (C=O) groups is 1. The first-order chi connectivity index (χ1) is 7.76. The molecule has 1 atom stereocenters. The molecule has 4 heteroatoms. The van der Waals surface area contributed by atoms with E-state index in [0.29, 0.717) is 24.4 Å². The molecule has 0 saturated carbocycles. The molecule has 0 aromatic heterocycles. The number of nitrogens with zero attached hydrogens (tertiary/aromatic N) is 2. The van der Waals surface area contributed by atoms with Crippen LogP contribution in [0.5, 0.6) is 0 Å². The maximum absolute atomic E-state index is 11.8. The van der Waals surface area contributed by atoms with E-state index in [1.54, 1.807) is 11.0 Å². The van der Waals surface area contributed by atoms with E-state index >= 15 is 0 Å². The Balaban J connectivity index is 2.32. The number of hydrogen-bond acceptors (Lipinski definition) is 2. The molecular weight excluding hydrogens is 268 g/mol. The molecule has 2 rings (SSSR count). The molecule has 0 N–H and O–H groups in total. The van der Waals surface area contributed by atoms with Crippen molar-refractivity contribution in [2.24, 2.45) is 5.92 Å². The summed E-state index contributed by atoms with van der Waals surface area (Å²) in [5, 5.41) is 9.81. The molecule has 1 saturated heterocycles. The maximum Gasteiger partial charge on any atom is 0.227 e. The lowest BCUT2D eigenvalue weighted by Crippen LogP contribution is -2.25. The minimum atomic E-state index is 0.104. The molecule has 1 amide bonds. The quantitative estimate of drug-likeness (QED) is 0.780. The second kappa shape index (κ2) is 4.67. The molecule has 82 valence electrons. The predicted octanol–water partition coefficient (Wildman–Crippen LogP) is 2.31. The largest absolute Gasteiger partial charge is 0.311 e. The van der Waals surface area contributed by atoms with E-state index in [4.69, 9.17) is 5.26 Å². The molecule has 1 aliphatic heterocycles. The van der Waals surface area contributed by atoms with Crippen molar-refractivity contribution >= 4 is 27.5 Å². The Bertz CT molecular complexity index is 453. The molecule has 1 unspecified atom stereocenters. The van der Waals surface area contributed by atoms with Crippen molar-refractivity contribution < 1.29 is 4.79 Å². The normalized spacial score (nSPS) is 19.9. The van der Waals surface area contributed by atoms with Gasteiger partial charge in [-0.05, 0) is 18.1 Å². The van der Waals surface area contributed by atoms with E-state index in [1.165, 1.54) is 0 Å². The third kappa shape index (κ3) is 1.96. The second-order valence-corrected chi connectivity index (χ2v) is 4.51. The summed E-state index contributed by atoms with van der Waals surface area (Å²) in [5.74, 6) is 0.450.